The third kappa shape index (κ3) is 3.11. The van der Waals surface area contributed by atoms with Gasteiger partial charge in [0, 0.05) is 0 Å². The van der Waals surface area contributed by atoms with Crippen molar-refractivity contribution in [1.82, 2.24) is 0 Å². The minimum Gasteiger partial charge on any atom is -0.468 e. The zero-order valence-corrected chi connectivity index (χ0v) is 11.3. The topological polar surface area (TPSA) is 26.3 Å². The molecule has 0 aromatic heterocycles. The zero-order valence-electron chi connectivity index (χ0n) is 11.3. The lowest BCUT2D eigenvalue weighted by atomic mass is 9.66. The molecule has 0 aliphatic heterocycles. The van der Waals surface area contributed by atoms with Crippen LogP contribution in [0.1, 0.15) is 58.3 Å². The number of rotatable bonds is 6. The molecule has 1 fully saturated rings. The van der Waals surface area contributed by atoms with Gasteiger partial charge in [-0.05, 0) is 25.2 Å². The Labute approximate surface area is 105 Å². The highest BCUT2D eigenvalue weighted by atomic mass is 16.5. The molecule has 0 heterocycles. The molecule has 0 spiro atoms. The summed E-state index contributed by atoms with van der Waals surface area (Å²) in [7, 11) is 1.50. The van der Waals surface area contributed by atoms with E-state index in [1.165, 1.54) is 26.4 Å². The summed E-state index contributed by atoms with van der Waals surface area (Å²) in [5.41, 5.74) is -0.425. The number of carbonyl (C=O) groups excluding carboxylic acids is 1. The first-order chi connectivity index (χ1) is 8.21. The summed E-state index contributed by atoms with van der Waals surface area (Å²) in [6.07, 6.45) is 11.0. The number of methoxy groups -OCH3 is 1. The lowest BCUT2D eigenvalue weighted by Crippen LogP contribution is -2.39. The standard InChI is InChI=1S/C15H26O2/c1-4-6-12-15(5-2,14(16)17-3)13-10-8-7-9-11-13/h5,13H,2,4,6-12H2,1,3H3/t15-/m0/s1. The molecule has 2 heteroatoms. The van der Waals surface area contributed by atoms with Crippen molar-refractivity contribution < 1.29 is 9.53 Å². The predicted molar refractivity (Wildman–Crippen MR) is 70.7 cm³/mol. The van der Waals surface area contributed by atoms with E-state index >= 15 is 0 Å². The zero-order chi connectivity index (χ0) is 12.7. The quantitative estimate of drug-likeness (QED) is 0.514. The van der Waals surface area contributed by atoms with Gasteiger partial charge in [0.05, 0.1) is 12.5 Å². The highest BCUT2D eigenvalue weighted by Crippen LogP contribution is 2.44. The van der Waals surface area contributed by atoms with Gasteiger partial charge < -0.3 is 4.74 Å². The van der Waals surface area contributed by atoms with Gasteiger partial charge in [-0.3, -0.25) is 4.79 Å². The third-order valence-corrected chi connectivity index (χ3v) is 4.21. The van der Waals surface area contributed by atoms with Gasteiger partial charge in [-0.15, -0.1) is 6.58 Å². The van der Waals surface area contributed by atoms with Crippen molar-refractivity contribution in [3.63, 3.8) is 0 Å². The van der Waals surface area contributed by atoms with Gasteiger partial charge in [0.2, 0.25) is 0 Å². The summed E-state index contributed by atoms with van der Waals surface area (Å²) < 4.78 is 5.05. The number of unbranched alkanes of at least 4 members (excludes halogenated alkanes) is 1. The van der Waals surface area contributed by atoms with E-state index in [1.807, 2.05) is 6.08 Å². The number of esters is 1. The van der Waals surface area contributed by atoms with E-state index in [-0.39, 0.29) is 5.97 Å². The molecule has 1 aliphatic rings. The maximum Gasteiger partial charge on any atom is 0.315 e. The molecule has 1 saturated carbocycles. The first-order valence-electron chi connectivity index (χ1n) is 6.93. The first-order valence-corrected chi connectivity index (χ1v) is 6.93. The fourth-order valence-corrected chi connectivity index (χ4v) is 3.10. The van der Waals surface area contributed by atoms with E-state index < -0.39 is 5.41 Å². The monoisotopic (exact) mass is 238 g/mol. The van der Waals surface area contributed by atoms with Crippen molar-refractivity contribution in [3.05, 3.63) is 12.7 Å². The minimum atomic E-state index is -0.425. The van der Waals surface area contributed by atoms with Crippen LogP contribution >= 0.6 is 0 Å². The van der Waals surface area contributed by atoms with Gasteiger partial charge in [-0.2, -0.15) is 0 Å². The number of hydrogen-bond donors (Lipinski definition) is 0. The molecule has 0 N–H and O–H groups in total. The number of hydrogen-bond acceptors (Lipinski definition) is 2. The molecule has 0 aromatic rings. The lowest BCUT2D eigenvalue weighted by Gasteiger charge is -2.38. The Hall–Kier alpha value is -0.790. The molecule has 1 atom stereocenters. The van der Waals surface area contributed by atoms with Crippen LogP contribution in [0, 0.1) is 11.3 Å². The molecule has 98 valence electrons. The van der Waals surface area contributed by atoms with Gasteiger partial charge >= 0.3 is 5.97 Å². The van der Waals surface area contributed by atoms with E-state index in [1.54, 1.807) is 0 Å². The Balaban J connectivity index is 2.87. The molecular weight excluding hydrogens is 212 g/mol. The molecule has 0 amide bonds. The van der Waals surface area contributed by atoms with Crippen molar-refractivity contribution >= 4 is 5.97 Å². The van der Waals surface area contributed by atoms with Crippen LogP contribution in [-0.4, -0.2) is 13.1 Å². The van der Waals surface area contributed by atoms with Crippen LogP contribution in [0.3, 0.4) is 0 Å². The summed E-state index contributed by atoms with van der Waals surface area (Å²) in [6.45, 7) is 6.09. The minimum absolute atomic E-state index is 0.0761. The Morgan fingerprint density at radius 1 is 1.41 bits per heavy atom. The molecule has 0 bridgehead atoms. The lowest BCUT2D eigenvalue weighted by molar-refractivity contribution is -0.154. The van der Waals surface area contributed by atoms with E-state index in [2.05, 4.69) is 13.5 Å². The summed E-state index contributed by atoms with van der Waals surface area (Å²) in [4.78, 5) is 12.2. The number of ether oxygens (including phenoxy) is 1. The number of carbonyl (C=O) groups is 1. The van der Waals surface area contributed by atoms with Gasteiger partial charge in [-0.1, -0.05) is 45.1 Å². The fraction of sp³-hybridized carbons (Fsp3) is 0.800. The Bertz CT molecular complexity index is 254. The molecule has 17 heavy (non-hydrogen) atoms. The average molecular weight is 238 g/mol. The summed E-state index contributed by atoms with van der Waals surface area (Å²) in [5, 5.41) is 0. The van der Waals surface area contributed by atoms with Crippen LogP contribution in [0.5, 0.6) is 0 Å². The molecule has 0 aromatic carbocycles. The van der Waals surface area contributed by atoms with Gasteiger partial charge in [-0.25, -0.2) is 0 Å². The van der Waals surface area contributed by atoms with Crippen molar-refractivity contribution in [2.24, 2.45) is 11.3 Å². The Morgan fingerprint density at radius 2 is 2.06 bits per heavy atom. The van der Waals surface area contributed by atoms with E-state index in [9.17, 15) is 4.79 Å². The van der Waals surface area contributed by atoms with Crippen LogP contribution in [0.25, 0.3) is 0 Å². The Kier molecular flexibility index (Phi) is 5.73. The van der Waals surface area contributed by atoms with Crippen LogP contribution in [0.15, 0.2) is 12.7 Å². The summed E-state index contributed by atoms with van der Waals surface area (Å²) in [6, 6.07) is 0. The first kappa shape index (κ1) is 14.3. The van der Waals surface area contributed by atoms with Gasteiger partial charge in [0.15, 0.2) is 0 Å². The van der Waals surface area contributed by atoms with Crippen LogP contribution in [0.4, 0.5) is 0 Å². The highest BCUT2D eigenvalue weighted by molar-refractivity contribution is 5.79. The average Bonchev–Trinajstić information content (AvgIpc) is 2.41. The van der Waals surface area contributed by atoms with Crippen LogP contribution in [0.2, 0.25) is 0 Å². The largest absolute Gasteiger partial charge is 0.468 e. The van der Waals surface area contributed by atoms with E-state index in [4.69, 9.17) is 4.74 Å². The second-order valence-corrected chi connectivity index (χ2v) is 5.17. The SMILES string of the molecule is C=C[C@@](CCCC)(C(=O)OC)C1CCCCC1. The van der Waals surface area contributed by atoms with Crippen molar-refractivity contribution in [1.29, 1.82) is 0 Å². The van der Waals surface area contributed by atoms with Gasteiger partial charge in [0.25, 0.3) is 0 Å². The van der Waals surface area contributed by atoms with Crippen molar-refractivity contribution in [2.45, 2.75) is 58.3 Å². The summed E-state index contributed by atoms with van der Waals surface area (Å²) in [5.74, 6) is 0.362. The smallest absolute Gasteiger partial charge is 0.315 e. The molecule has 1 aliphatic carbocycles. The normalized spacial score (nSPS) is 20.6. The predicted octanol–water partition coefficient (Wildman–Crippen LogP) is 4.10. The second-order valence-electron chi connectivity index (χ2n) is 5.17. The van der Waals surface area contributed by atoms with Crippen molar-refractivity contribution in [2.75, 3.05) is 7.11 Å². The molecule has 0 saturated heterocycles. The maximum atomic E-state index is 12.2. The van der Waals surface area contributed by atoms with E-state index in [0.717, 1.165) is 32.1 Å². The highest BCUT2D eigenvalue weighted by Gasteiger charge is 2.43. The molecule has 0 unspecified atom stereocenters. The van der Waals surface area contributed by atoms with Crippen LogP contribution < -0.4 is 0 Å². The molecular formula is C15H26O2. The second kappa shape index (κ2) is 6.83. The summed E-state index contributed by atoms with van der Waals surface area (Å²) >= 11 is 0. The maximum absolute atomic E-state index is 12.2. The fourth-order valence-electron chi connectivity index (χ4n) is 3.10. The molecule has 0 radical (unpaired) electrons. The molecule has 1 rings (SSSR count). The van der Waals surface area contributed by atoms with Gasteiger partial charge in [0.1, 0.15) is 0 Å². The Morgan fingerprint density at radius 3 is 2.53 bits per heavy atom. The molecule has 2 nitrogen and oxygen atoms in total. The van der Waals surface area contributed by atoms with Crippen LogP contribution in [-0.2, 0) is 9.53 Å². The van der Waals surface area contributed by atoms with Crippen molar-refractivity contribution in [3.8, 4) is 0 Å². The van der Waals surface area contributed by atoms with E-state index in [0.29, 0.717) is 5.92 Å². The third-order valence-electron chi connectivity index (χ3n) is 4.21.